The van der Waals surface area contributed by atoms with Crippen molar-refractivity contribution >= 4 is 16.7 Å². The van der Waals surface area contributed by atoms with Crippen molar-refractivity contribution in [2.75, 3.05) is 0 Å². The Balaban J connectivity index is 1.95. The molecule has 0 amide bonds. The summed E-state index contributed by atoms with van der Waals surface area (Å²) < 4.78 is 45.4. The van der Waals surface area contributed by atoms with Crippen molar-refractivity contribution in [2.24, 2.45) is 0 Å². The Bertz CT molecular complexity index is 1060. The fourth-order valence-electron chi connectivity index (χ4n) is 2.73. The van der Waals surface area contributed by atoms with E-state index >= 15 is 0 Å². The summed E-state index contributed by atoms with van der Waals surface area (Å²) >= 11 is 0. The van der Waals surface area contributed by atoms with E-state index in [9.17, 15) is 22.8 Å². The van der Waals surface area contributed by atoms with E-state index in [-0.39, 0.29) is 28.7 Å². The van der Waals surface area contributed by atoms with Crippen LogP contribution in [0.15, 0.2) is 53.3 Å². The normalized spacial score (nSPS) is 11.6. The third-order valence-electron chi connectivity index (χ3n) is 4.04. The van der Waals surface area contributed by atoms with Gasteiger partial charge in [0.1, 0.15) is 6.61 Å². The fourth-order valence-corrected chi connectivity index (χ4v) is 2.73. The Morgan fingerprint density at radius 1 is 1.07 bits per heavy atom. The van der Waals surface area contributed by atoms with E-state index in [0.29, 0.717) is 5.39 Å². The van der Waals surface area contributed by atoms with Crippen molar-refractivity contribution in [3.05, 3.63) is 75.7 Å². The van der Waals surface area contributed by atoms with Crippen molar-refractivity contribution in [1.82, 2.24) is 9.78 Å². The molecule has 0 saturated heterocycles. The number of carbonyl (C=O) groups excluding carboxylic acids is 1. The van der Waals surface area contributed by atoms with Crippen molar-refractivity contribution in [2.45, 2.75) is 26.3 Å². The van der Waals surface area contributed by atoms with Crippen LogP contribution in [-0.4, -0.2) is 15.7 Å². The van der Waals surface area contributed by atoms with Crippen LogP contribution in [0.1, 0.15) is 28.5 Å². The second-order valence-electron chi connectivity index (χ2n) is 5.75. The van der Waals surface area contributed by atoms with Gasteiger partial charge in [0, 0.05) is 17.5 Å². The molecule has 0 atom stereocenters. The lowest BCUT2D eigenvalue weighted by Gasteiger charge is -2.13. The molecule has 8 heteroatoms. The number of carbonyl (C=O) groups is 1. The highest BCUT2D eigenvalue weighted by molar-refractivity contribution is 6.02. The maximum atomic E-state index is 13.1. The summed E-state index contributed by atoms with van der Waals surface area (Å²) in [6.07, 6.45) is -4.55. The van der Waals surface area contributed by atoms with Gasteiger partial charge in [-0.05, 0) is 19.1 Å². The Morgan fingerprint density at radius 2 is 1.70 bits per heavy atom. The molecule has 1 heterocycles. The number of nitrogens with zero attached hydrogens (tertiary/aromatic N) is 2. The van der Waals surface area contributed by atoms with Gasteiger partial charge in [0.05, 0.1) is 10.9 Å². The maximum Gasteiger partial charge on any atom is 0.416 e. The van der Waals surface area contributed by atoms with Gasteiger partial charge in [-0.25, -0.2) is 9.48 Å². The summed E-state index contributed by atoms with van der Waals surface area (Å²) in [6.45, 7) is 1.37. The Morgan fingerprint density at radius 3 is 2.37 bits per heavy atom. The molecule has 140 valence electrons. The number of aryl methyl sites for hydroxylation is 1. The molecule has 0 unspecified atom stereocenters. The van der Waals surface area contributed by atoms with Gasteiger partial charge in [-0.2, -0.15) is 18.3 Å². The van der Waals surface area contributed by atoms with Crippen LogP contribution in [0.25, 0.3) is 10.8 Å². The van der Waals surface area contributed by atoms with Crippen LogP contribution in [-0.2, 0) is 24.1 Å². The molecule has 27 heavy (non-hydrogen) atoms. The SMILES string of the molecule is CCn1nc(C(=O)OCc2ccccc2C(F)(F)F)c2ccccc2c1=O. The summed E-state index contributed by atoms with van der Waals surface area (Å²) in [5.74, 6) is -0.898. The molecule has 0 aliphatic carbocycles. The number of esters is 1. The number of fused-ring (bicyclic) bond motifs is 1. The highest BCUT2D eigenvalue weighted by Gasteiger charge is 2.33. The second kappa shape index (κ2) is 7.22. The van der Waals surface area contributed by atoms with Crippen LogP contribution in [0.3, 0.4) is 0 Å². The molecule has 1 aromatic heterocycles. The maximum absolute atomic E-state index is 13.1. The number of hydrogen-bond acceptors (Lipinski definition) is 4. The van der Waals surface area contributed by atoms with Crippen LogP contribution < -0.4 is 5.56 Å². The molecule has 0 N–H and O–H groups in total. The van der Waals surface area contributed by atoms with Crippen molar-refractivity contribution in [3.8, 4) is 0 Å². The largest absolute Gasteiger partial charge is 0.456 e. The molecule has 5 nitrogen and oxygen atoms in total. The summed E-state index contributed by atoms with van der Waals surface area (Å²) in [7, 11) is 0. The van der Waals surface area contributed by atoms with Gasteiger partial charge in [0.25, 0.3) is 5.56 Å². The van der Waals surface area contributed by atoms with Crippen LogP contribution in [0, 0.1) is 0 Å². The van der Waals surface area contributed by atoms with Crippen molar-refractivity contribution in [3.63, 3.8) is 0 Å². The molecular formula is C19H15F3N2O3. The molecule has 0 radical (unpaired) electrons. The first-order valence-electron chi connectivity index (χ1n) is 8.15. The van der Waals surface area contributed by atoms with Crippen molar-refractivity contribution in [1.29, 1.82) is 0 Å². The van der Waals surface area contributed by atoms with Gasteiger partial charge in [-0.15, -0.1) is 0 Å². The quantitative estimate of drug-likeness (QED) is 0.650. The third-order valence-corrected chi connectivity index (χ3v) is 4.04. The lowest BCUT2D eigenvalue weighted by Crippen LogP contribution is -2.25. The Labute approximate surface area is 152 Å². The zero-order chi connectivity index (χ0) is 19.6. The molecule has 2 aromatic carbocycles. The second-order valence-corrected chi connectivity index (χ2v) is 5.75. The molecule has 0 saturated carbocycles. The number of aromatic nitrogens is 2. The van der Waals surface area contributed by atoms with E-state index in [1.54, 1.807) is 31.2 Å². The highest BCUT2D eigenvalue weighted by Crippen LogP contribution is 2.32. The molecule has 0 aliphatic heterocycles. The van der Waals surface area contributed by atoms with Gasteiger partial charge < -0.3 is 4.74 Å². The van der Waals surface area contributed by atoms with E-state index in [0.717, 1.165) is 10.7 Å². The van der Waals surface area contributed by atoms with E-state index in [1.165, 1.54) is 18.2 Å². The summed E-state index contributed by atoms with van der Waals surface area (Å²) in [5.41, 5.74) is -1.50. The Kier molecular flexibility index (Phi) is 4.98. The minimum Gasteiger partial charge on any atom is -0.456 e. The van der Waals surface area contributed by atoms with Crippen LogP contribution in [0.5, 0.6) is 0 Å². The molecule has 0 aliphatic rings. The molecule has 0 fully saturated rings. The van der Waals surface area contributed by atoms with Gasteiger partial charge in [-0.3, -0.25) is 4.79 Å². The molecule has 0 bridgehead atoms. The van der Waals surface area contributed by atoms with Gasteiger partial charge in [0.2, 0.25) is 0 Å². The zero-order valence-electron chi connectivity index (χ0n) is 14.3. The predicted molar refractivity (Wildman–Crippen MR) is 92.2 cm³/mol. The number of halogens is 3. The molecular weight excluding hydrogens is 361 g/mol. The summed E-state index contributed by atoms with van der Waals surface area (Å²) in [4.78, 5) is 24.8. The van der Waals surface area contributed by atoms with Gasteiger partial charge in [-0.1, -0.05) is 36.4 Å². The standard InChI is InChI=1S/C19H15F3N2O3/c1-2-24-17(25)14-9-5-4-8-13(14)16(23-24)18(26)27-11-12-7-3-6-10-15(12)19(20,21)22/h3-10H,2,11H2,1H3. The molecule has 0 spiro atoms. The average molecular weight is 376 g/mol. The summed E-state index contributed by atoms with van der Waals surface area (Å²) in [5, 5.41) is 4.59. The van der Waals surface area contributed by atoms with E-state index in [2.05, 4.69) is 5.10 Å². The number of alkyl halides is 3. The number of rotatable bonds is 4. The van der Waals surface area contributed by atoms with E-state index in [1.807, 2.05) is 0 Å². The topological polar surface area (TPSA) is 61.2 Å². The molecule has 3 rings (SSSR count). The van der Waals surface area contributed by atoms with Crippen LogP contribution >= 0.6 is 0 Å². The Hall–Kier alpha value is -3.16. The predicted octanol–water partition coefficient (Wildman–Crippen LogP) is 3.79. The monoisotopic (exact) mass is 376 g/mol. The fraction of sp³-hybridized carbons (Fsp3) is 0.211. The third kappa shape index (κ3) is 3.69. The van der Waals surface area contributed by atoms with E-state index in [4.69, 9.17) is 4.74 Å². The first-order valence-corrected chi connectivity index (χ1v) is 8.15. The van der Waals surface area contributed by atoms with Crippen LogP contribution in [0.2, 0.25) is 0 Å². The minimum absolute atomic E-state index is 0.114. The first kappa shape index (κ1) is 18.6. The number of benzene rings is 2. The van der Waals surface area contributed by atoms with E-state index < -0.39 is 24.3 Å². The van der Waals surface area contributed by atoms with Crippen LogP contribution in [0.4, 0.5) is 13.2 Å². The first-order chi connectivity index (χ1) is 12.8. The molecule has 3 aromatic rings. The van der Waals surface area contributed by atoms with Crippen molar-refractivity contribution < 1.29 is 22.7 Å². The minimum atomic E-state index is -4.55. The average Bonchev–Trinajstić information content (AvgIpc) is 2.66. The lowest BCUT2D eigenvalue weighted by molar-refractivity contribution is -0.138. The van der Waals surface area contributed by atoms with Gasteiger partial charge >= 0.3 is 12.1 Å². The zero-order valence-corrected chi connectivity index (χ0v) is 14.3. The smallest absolute Gasteiger partial charge is 0.416 e. The van der Waals surface area contributed by atoms with Gasteiger partial charge in [0.15, 0.2) is 5.69 Å². The number of ether oxygens (including phenoxy) is 1. The number of hydrogen-bond donors (Lipinski definition) is 0. The summed E-state index contributed by atoms with van der Waals surface area (Å²) in [6, 6.07) is 11.3. The lowest BCUT2D eigenvalue weighted by atomic mass is 10.1. The highest BCUT2D eigenvalue weighted by atomic mass is 19.4.